The van der Waals surface area contributed by atoms with Crippen molar-refractivity contribution in [3.63, 3.8) is 0 Å². The summed E-state index contributed by atoms with van der Waals surface area (Å²) in [5, 5.41) is 15.1. The van der Waals surface area contributed by atoms with E-state index in [0.717, 1.165) is 23.2 Å². The quantitative estimate of drug-likeness (QED) is 0.193. The molecule has 0 spiro atoms. The van der Waals surface area contributed by atoms with E-state index in [-0.39, 0.29) is 6.10 Å². The van der Waals surface area contributed by atoms with E-state index in [2.05, 4.69) is 51.9 Å². The van der Waals surface area contributed by atoms with Gasteiger partial charge in [0.2, 0.25) is 5.95 Å². The number of rotatable bonds is 8. The first-order chi connectivity index (χ1) is 20.7. The van der Waals surface area contributed by atoms with Crippen molar-refractivity contribution in [2.75, 3.05) is 50.8 Å². The van der Waals surface area contributed by atoms with Crippen LogP contribution in [0.15, 0.2) is 59.7 Å². The van der Waals surface area contributed by atoms with Crippen LogP contribution < -0.4 is 26.0 Å². The monoisotopic (exact) mass is 663 g/mol. The van der Waals surface area contributed by atoms with E-state index >= 15 is 0 Å². The van der Waals surface area contributed by atoms with Crippen LogP contribution in [0.1, 0.15) is 11.7 Å². The van der Waals surface area contributed by atoms with Crippen molar-refractivity contribution in [3.05, 3.63) is 65.3 Å². The molecule has 222 valence electrons. The molecule has 0 aliphatic carbocycles. The molecule has 1 aliphatic heterocycles. The van der Waals surface area contributed by atoms with E-state index in [1.807, 2.05) is 43.7 Å². The van der Waals surface area contributed by atoms with Crippen LogP contribution in [-0.4, -0.2) is 69.9 Å². The summed E-state index contributed by atoms with van der Waals surface area (Å²) in [4.78, 5) is 18.1. The summed E-state index contributed by atoms with van der Waals surface area (Å²) in [6.07, 6.45) is 8.53. The van der Waals surface area contributed by atoms with Gasteiger partial charge in [0.15, 0.2) is 0 Å². The molecular formula is C29H31BrN9O3P. The van der Waals surface area contributed by atoms with E-state index in [9.17, 15) is 4.57 Å². The van der Waals surface area contributed by atoms with Gasteiger partial charge in [0.25, 0.3) is 0 Å². The highest BCUT2D eigenvalue weighted by Crippen LogP contribution is 2.42. The molecule has 0 bridgehead atoms. The van der Waals surface area contributed by atoms with Crippen molar-refractivity contribution in [2.45, 2.75) is 6.10 Å². The van der Waals surface area contributed by atoms with Gasteiger partial charge >= 0.3 is 0 Å². The van der Waals surface area contributed by atoms with Gasteiger partial charge in [-0.15, -0.1) is 0 Å². The van der Waals surface area contributed by atoms with E-state index in [0.29, 0.717) is 62.9 Å². The topological polar surface area (TPSA) is 141 Å². The number of fused-ring (bicyclic) bond motifs is 1. The maximum Gasteiger partial charge on any atom is 0.229 e. The SMILES string of the molecule is COc1cc(C2CNCCO2)c(-c2cnn(C)c2)cc1Nc1ncc(Br)c(Nc2ccc3nccnc3c2P(C)(C)=O)n1. The van der Waals surface area contributed by atoms with Gasteiger partial charge in [0.1, 0.15) is 24.2 Å². The Balaban J connectivity index is 1.38. The predicted molar refractivity (Wildman–Crippen MR) is 172 cm³/mol. The normalized spacial score (nSPS) is 15.4. The second-order valence-corrected chi connectivity index (χ2v) is 14.5. The average Bonchev–Trinajstić information content (AvgIpc) is 3.44. The molecule has 5 aromatic rings. The third-order valence-electron chi connectivity index (χ3n) is 7.06. The van der Waals surface area contributed by atoms with Gasteiger partial charge in [0, 0.05) is 50.5 Å². The number of aromatic nitrogens is 6. The molecule has 14 heteroatoms. The van der Waals surface area contributed by atoms with Gasteiger partial charge < -0.3 is 30.0 Å². The van der Waals surface area contributed by atoms with Crippen LogP contribution >= 0.6 is 23.1 Å². The van der Waals surface area contributed by atoms with Gasteiger partial charge in [-0.1, -0.05) is 0 Å². The minimum Gasteiger partial charge on any atom is -0.495 e. The number of aryl methyl sites for hydroxylation is 1. The standard InChI is InChI=1S/C29H31BrN9O3P/c1-39-16-17(13-35-39)18-11-23(24(41-2)12-19(18)25-15-31-9-10-42-25)37-29-34-14-20(30)28(38-29)36-22-6-5-21-26(33-8-7-32-21)27(22)43(3,4)40/h5-8,11-14,16,25,31H,9-10,15H2,1-4H3,(H2,34,36,37,38). The third-order valence-corrected chi connectivity index (χ3v) is 9.17. The minimum atomic E-state index is -2.76. The molecule has 3 N–H and O–H groups in total. The summed E-state index contributed by atoms with van der Waals surface area (Å²) in [5.41, 5.74) is 5.48. The highest BCUT2D eigenvalue weighted by molar-refractivity contribution is 9.10. The number of benzene rings is 2. The smallest absolute Gasteiger partial charge is 0.229 e. The lowest BCUT2D eigenvalue weighted by atomic mass is 9.96. The maximum absolute atomic E-state index is 13.4. The zero-order chi connectivity index (χ0) is 30.1. The first kappa shape index (κ1) is 29.2. The molecule has 4 heterocycles. The van der Waals surface area contributed by atoms with Gasteiger partial charge in [-0.3, -0.25) is 14.6 Å². The Bertz CT molecular complexity index is 1850. The highest BCUT2D eigenvalue weighted by atomic mass is 79.9. The van der Waals surface area contributed by atoms with E-state index < -0.39 is 7.14 Å². The van der Waals surface area contributed by atoms with Crippen molar-refractivity contribution in [2.24, 2.45) is 7.05 Å². The van der Waals surface area contributed by atoms with Crippen molar-refractivity contribution in [3.8, 4) is 16.9 Å². The summed E-state index contributed by atoms with van der Waals surface area (Å²) in [6.45, 7) is 5.56. The second-order valence-electron chi connectivity index (χ2n) is 10.5. The van der Waals surface area contributed by atoms with Crippen LogP contribution in [0.4, 0.5) is 23.1 Å². The Morgan fingerprint density at radius 3 is 2.67 bits per heavy atom. The van der Waals surface area contributed by atoms with E-state index in [1.54, 1.807) is 43.7 Å². The average molecular weight is 665 g/mol. The van der Waals surface area contributed by atoms with E-state index in [1.165, 1.54) is 0 Å². The fourth-order valence-corrected chi connectivity index (χ4v) is 6.82. The molecule has 12 nitrogen and oxygen atoms in total. The summed E-state index contributed by atoms with van der Waals surface area (Å²) in [6, 6.07) is 7.68. The van der Waals surface area contributed by atoms with Gasteiger partial charge in [-0.05, 0) is 64.7 Å². The predicted octanol–water partition coefficient (Wildman–Crippen LogP) is 4.99. The van der Waals surface area contributed by atoms with Crippen molar-refractivity contribution >= 4 is 62.6 Å². The van der Waals surface area contributed by atoms with Crippen LogP contribution in [0.2, 0.25) is 0 Å². The number of ether oxygens (including phenoxy) is 2. The van der Waals surface area contributed by atoms with E-state index in [4.69, 9.17) is 14.5 Å². The summed E-state index contributed by atoms with van der Waals surface area (Å²) in [5.74, 6) is 1.44. The Hall–Kier alpha value is -3.90. The number of halogens is 1. The van der Waals surface area contributed by atoms with Gasteiger partial charge in [-0.2, -0.15) is 10.1 Å². The molecule has 1 aliphatic rings. The molecule has 0 radical (unpaired) electrons. The van der Waals surface area contributed by atoms with Crippen LogP contribution in [0.5, 0.6) is 5.75 Å². The Morgan fingerprint density at radius 1 is 1.12 bits per heavy atom. The number of methoxy groups -OCH3 is 1. The number of hydrogen-bond donors (Lipinski definition) is 3. The molecule has 3 aromatic heterocycles. The molecule has 1 fully saturated rings. The summed E-state index contributed by atoms with van der Waals surface area (Å²) >= 11 is 3.56. The lowest BCUT2D eigenvalue weighted by Gasteiger charge is -2.27. The molecule has 1 atom stereocenters. The molecule has 6 rings (SSSR count). The van der Waals surface area contributed by atoms with Crippen molar-refractivity contribution in [1.29, 1.82) is 0 Å². The first-order valence-corrected chi connectivity index (χ1v) is 17.0. The fraction of sp³-hybridized carbons (Fsp3) is 0.276. The fourth-order valence-electron chi connectivity index (χ4n) is 5.13. The molecular weight excluding hydrogens is 633 g/mol. The van der Waals surface area contributed by atoms with Gasteiger partial charge in [-0.25, -0.2) is 4.98 Å². The van der Waals surface area contributed by atoms with Crippen LogP contribution in [-0.2, 0) is 16.3 Å². The second kappa shape index (κ2) is 12.0. The molecule has 1 unspecified atom stereocenters. The van der Waals surface area contributed by atoms with Crippen LogP contribution in [0, 0.1) is 0 Å². The zero-order valence-corrected chi connectivity index (χ0v) is 26.6. The number of nitrogens with zero attached hydrogens (tertiary/aromatic N) is 6. The molecule has 0 saturated carbocycles. The summed E-state index contributed by atoms with van der Waals surface area (Å²) < 4.78 is 27.7. The van der Waals surface area contributed by atoms with Crippen molar-refractivity contribution in [1.82, 2.24) is 35.0 Å². The van der Waals surface area contributed by atoms with Crippen LogP contribution in [0.3, 0.4) is 0 Å². The Morgan fingerprint density at radius 2 is 1.95 bits per heavy atom. The Kier molecular flexibility index (Phi) is 8.15. The number of morpholine rings is 1. The van der Waals surface area contributed by atoms with Crippen molar-refractivity contribution < 1.29 is 14.0 Å². The van der Waals surface area contributed by atoms with Gasteiger partial charge in [0.05, 0.1) is 52.7 Å². The first-order valence-electron chi connectivity index (χ1n) is 13.6. The number of anilines is 4. The lowest BCUT2D eigenvalue weighted by molar-refractivity contribution is 0.0279. The Labute approximate surface area is 257 Å². The molecule has 43 heavy (non-hydrogen) atoms. The minimum absolute atomic E-state index is 0.138. The molecule has 0 amide bonds. The highest BCUT2D eigenvalue weighted by Gasteiger charge is 2.25. The van der Waals surface area contributed by atoms with Crippen LogP contribution in [0.25, 0.3) is 22.2 Å². The molecule has 1 saturated heterocycles. The zero-order valence-electron chi connectivity index (χ0n) is 24.1. The largest absolute Gasteiger partial charge is 0.495 e. The number of nitrogens with one attached hydrogen (secondary N) is 3. The maximum atomic E-state index is 13.4. The number of hydrogen-bond acceptors (Lipinski definition) is 11. The third kappa shape index (κ3) is 6.12. The molecule has 2 aromatic carbocycles. The summed E-state index contributed by atoms with van der Waals surface area (Å²) in [7, 11) is 0.756. The lowest BCUT2D eigenvalue weighted by Crippen LogP contribution is -2.33.